The standard InChI is InChI=1S/C19H25N3O2/c1-14(2)24-19-13-20-12-18(21-19)22-10-6-9-16(22)11-17(23)15-7-4-3-5-8-15/h3-5,7-8,12-14,16-17,23H,6,9-11H2,1-2H3. The second-order valence-electron chi connectivity index (χ2n) is 6.53. The van der Waals surface area contributed by atoms with Crippen LogP contribution in [0.1, 0.15) is 44.8 Å². The van der Waals surface area contributed by atoms with Crippen molar-refractivity contribution in [3.05, 3.63) is 48.3 Å². The van der Waals surface area contributed by atoms with Gasteiger partial charge < -0.3 is 14.7 Å². The number of aliphatic hydroxyl groups is 1. The van der Waals surface area contributed by atoms with Crippen molar-refractivity contribution in [3.63, 3.8) is 0 Å². The molecule has 2 heterocycles. The SMILES string of the molecule is CC(C)Oc1cncc(N2CCCC2CC(O)c2ccccc2)n1. The molecule has 0 radical (unpaired) electrons. The summed E-state index contributed by atoms with van der Waals surface area (Å²) >= 11 is 0. The van der Waals surface area contributed by atoms with Crippen LogP contribution in [0.15, 0.2) is 42.7 Å². The zero-order valence-corrected chi connectivity index (χ0v) is 14.3. The number of rotatable bonds is 6. The Kier molecular flexibility index (Phi) is 5.30. The summed E-state index contributed by atoms with van der Waals surface area (Å²) in [5.74, 6) is 1.38. The van der Waals surface area contributed by atoms with E-state index in [2.05, 4.69) is 14.9 Å². The average molecular weight is 327 g/mol. The molecule has 1 aromatic heterocycles. The lowest BCUT2D eigenvalue weighted by Crippen LogP contribution is -2.31. The molecule has 2 aromatic rings. The Hall–Kier alpha value is -2.14. The van der Waals surface area contributed by atoms with Crippen LogP contribution < -0.4 is 9.64 Å². The van der Waals surface area contributed by atoms with Crippen LogP contribution in [0.2, 0.25) is 0 Å². The molecule has 128 valence electrons. The summed E-state index contributed by atoms with van der Waals surface area (Å²) in [5, 5.41) is 10.5. The predicted octanol–water partition coefficient (Wildman–Crippen LogP) is 3.36. The topological polar surface area (TPSA) is 58.5 Å². The van der Waals surface area contributed by atoms with E-state index >= 15 is 0 Å². The third-order valence-electron chi connectivity index (χ3n) is 4.31. The fraction of sp³-hybridized carbons (Fsp3) is 0.474. The molecule has 1 aliphatic heterocycles. The van der Waals surface area contributed by atoms with Gasteiger partial charge in [-0.3, -0.25) is 4.98 Å². The number of nitrogens with zero attached hydrogens (tertiary/aromatic N) is 3. The second-order valence-corrected chi connectivity index (χ2v) is 6.53. The maximum atomic E-state index is 10.5. The molecule has 1 aromatic carbocycles. The molecule has 2 atom stereocenters. The van der Waals surface area contributed by atoms with E-state index in [1.165, 1.54) is 0 Å². The van der Waals surface area contributed by atoms with E-state index in [-0.39, 0.29) is 12.1 Å². The summed E-state index contributed by atoms with van der Waals surface area (Å²) in [6.45, 7) is 4.89. The third kappa shape index (κ3) is 4.03. The molecule has 0 saturated carbocycles. The van der Waals surface area contributed by atoms with Crippen molar-refractivity contribution in [2.45, 2.75) is 51.4 Å². The molecule has 1 N–H and O–H groups in total. The highest BCUT2D eigenvalue weighted by molar-refractivity contribution is 5.40. The predicted molar refractivity (Wildman–Crippen MR) is 94.2 cm³/mol. The second kappa shape index (κ2) is 7.62. The first-order chi connectivity index (χ1) is 11.6. The summed E-state index contributed by atoms with van der Waals surface area (Å²) in [7, 11) is 0. The minimum Gasteiger partial charge on any atom is -0.474 e. The monoisotopic (exact) mass is 327 g/mol. The number of anilines is 1. The third-order valence-corrected chi connectivity index (χ3v) is 4.31. The van der Waals surface area contributed by atoms with E-state index in [1.807, 2.05) is 44.2 Å². The van der Waals surface area contributed by atoms with Crippen molar-refractivity contribution >= 4 is 5.82 Å². The van der Waals surface area contributed by atoms with Gasteiger partial charge in [0.1, 0.15) is 0 Å². The minimum absolute atomic E-state index is 0.0730. The van der Waals surface area contributed by atoms with Gasteiger partial charge in [0.05, 0.1) is 24.6 Å². The van der Waals surface area contributed by atoms with E-state index in [4.69, 9.17) is 4.74 Å². The van der Waals surface area contributed by atoms with Gasteiger partial charge in [0, 0.05) is 12.6 Å². The number of ether oxygens (including phenoxy) is 1. The van der Waals surface area contributed by atoms with Gasteiger partial charge >= 0.3 is 0 Å². The van der Waals surface area contributed by atoms with Crippen molar-refractivity contribution in [1.82, 2.24) is 9.97 Å². The van der Waals surface area contributed by atoms with Gasteiger partial charge in [-0.25, -0.2) is 0 Å². The van der Waals surface area contributed by atoms with Crippen molar-refractivity contribution in [3.8, 4) is 5.88 Å². The number of aromatic nitrogens is 2. The largest absolute Gasteiger partial charge is 0.474 e. The Balaban J connectivity index is 1.71. The van der Waals surface area contributed by atoms with Crippen LogP contribution in [-0.2, 0) is 0 Å². The van der Waals surface area contributed by atoms with Crippen LogP contribution in [0.5, 0.6) is 5.88 Å². The molecule has 1 fully saturated rings. The number of benzene rings is 1. The molecule has 0 aliphatic carbocycles. The molecule has 5 heteroatoms. The van der Waals surface area contributed by atoms with E-state index < -0.39 is 6.10 Å². The first-order valence-electron chi connectivity index (χ1n) is 8.62. The fourth-order valence-corrected chi connectivity index (χ4v) is 3.23. The van der Waals surface area contributed by atoms with Gasteiger partial charge in [0.15, 0.2) is 5.82 Å². The van der Waals surface area contributed by atoms with Crippen molar-refractivity contribution < 1.29 is 9.84 Å². The molecule has 1 saturated heterocycles. The summed E-state index contributed by atoms with van der Waals surface area (Å²) in [5.41, 5.74) is 0.965. The van der Waals surface area contributed by atoms with E-state index in [0.717, 1.165) is 30.8 Å². The summed E-state index contributed by atoms with van der Waals surface area (Å²) in [6.07, 6.45) is 5.89. The lowest BCUT2D eigenvalue weighted by Gasteiger charge is -2.27. The molecule has 0 bridgehead atoms. The quantitative estimate of drug-likeness (QED) is 0.881. The van der Waals surface area contributed by atoms with E-state index in [9.17, 15) is 5.11 Å². The first-order valence-corrected chi connectivity index (χ1v) is 8.62. The van der Waals surface area contributed by atoms with Gasteiger partial charge in [0.2, 0.25) is 5.88 Å². The lowest BCUT2D eigenvalue weighted by molar-refractivity contribution is 0.158. The minimum atomic E-state index is -0.458. The molecule has 0 amide bonds. The van der Waals surface area contributed by atoms with Gasteiger partial charge in [-0.15, -0.1) is 0 Å². The summed E-state index contributed by atoms with van der Waals surface area (Å²) in [6, 6.07) is 10.1. The van der Waals surface area contributed by atoms with Gasteiger partial charge in [-0.1, -0.05) is 30.3 Å². The van der Waals surface area contributed by atoms with Crippen LogP contribution in [0, 0.1) is 0 Å². The summed E-state index contributed by atoms with van der Waals surface area (Å²) < 4.78 is 5.65. The average Bonchev–Trinajstić information content (AvgIpc) is 3.03. The number of hydrogen-bond acceptors (Lipinski definition) is 5. The van der Waals surface area contributed by atoms with Crippen molar-refractivity contribution in [1.29, 1.82) is 0 Å². The molecule has 3 rings (SSSR count). The normalized spacial score (nSPS) is 18.8. The maximum absolute atomic E-state index is 10.5. The maximum Gasteiger partial charge on any atom is 0.234 e. The van der Waals surface area contributed by atoms with Crippen LogP contribution in [-0.4, -0.2) is 33.8 Å². The lowest BCUT2D eigenvalue weighted by atomic mass is 10.0. The molecular weight excluding hydrogens is 302 g/mol. The van der Waals surface area contributed by atoms with Crippen LogP contribution >= 0.6 is 0 Å². The molecular formula is C19H25N3O2. The molecule has 5 nitrogen and oxygen atoms in total. The first kappa shape index (κ1) is 16.7. The van der Waals surface area contributed by atoms with E-state index in [1.54, 1.807) is 12.4 Å². The van der Waals surface area contributed by atoms with Crippen LogP contribution in [0.3, 0.4) is 0 Å². The van der Waals surface area contributed by atoms with Gasteiger partial charge in [0.25, 0.3) is 0 Å². The Bertz CT molecular complexity index is 648. The number of aliphatic hydroxyl groups excluding tert-OH is 1. The summed E-state index contributed by atoms with van der Waals surface area (Å²) in [4.78, 5) is 11.1. The highest BCUT2D eigenvalue weighted by Gasteiger charge is 2.28. The Morgan fingerprint density at radius 1 is 1.25 bits per heavy atom. The van der Waals surface area contributed by atoms with Gasteiger partial charge in [-0.2, -0.15) is 4.98 Å². The molecule has 1 aliphatic rings. The zero-order valence-electron chi connectivity index (χ0n) is 14.3. The zero-order chi connectivity index (χ0) is 16.9. The Morgan fingerprint density at radius 3 is 2.79 bits per heavy atom. The number of hydrogen-bond donors (Lipinski definition) is 1. The molecule has 24 heavy (non-hydrogen) atoms. The van der Waals surface area contributed by atoms with Gasteiger partial charge in [-0.05, 0) is 38.7 Å². The Morgan fingerprint density at radius 2 is 2.04 bits per heavy atom. The van der Waals surface area contributed by atoms with Crippen molar-refractivity contribution in [2.75, 3.05) is 11.4 Å². The van der Waals surface area contributed by atoms with Crippen LogP contribution in [0.4, 0.5) is 5.82 Å². The van der Waals surface area contributed by atoms with E-state index in [0.29, 0.717) is 12.3 Å². The van der Waals surface area contributed by atoms with Crippen LogP contribution in [0.25, 0.3) is 0 Å². The van der Waals surface area contributed by atoms with Crippen molar-refractivity contribution in [2.24, 2.45) is 0 Å². The highest BCUT2D eigenvalue weighted by Crippen LogP contribution is 2.30. The fourth-order valence-electron chi connectivity index (χ4n) is 3.23. The molecule has 0 spiro atoms. The highest BCUT2D eigenvalue weighted by atomic mass is 16.5. The molecule has 2 unspecified atom stereocenters. The Labute approximate surface area is 143 Å². The smallest absolute Gasteiger partial charge is 0.234 e.